The van der Waals surface area contributed by atoms with Gasteiger partial charge in [0.1, 0.15) is 5.69 Å². The fraction of sp³-hybridized carbons (Fsp3) is 0.136. The number of carbonyl (C=O) groups is 1. The van der Waals surface area contributed by atoms with E-state index in [1.807, 2.05) is 79.2 Å². The Hall–Kier alpha value is -3.47. The van der Waals surface area contributed by atoms with Crippen LogP contribution in [0.4, 0.5) is 0 Å². The summed E-state index contributed by atoms with van der Waals surface area (Å²) < 4.78 is 1.91. The molecule has 0 aliphatic rings. The largest absolute Gasteiger partial charge is 0.346 e. The lowest BCUT2D eigenvalue weighted by molar-refractivity contribution is 0.0947. The number of pyridine rings is 1. The van der Waals surface area contributed by atoms with E-state index in [0.29, 0.717) is 12.2 Å². The Kier molecular flexibility index (Phi) is 4.42. The molecule has 0 unspecified atom stereocenters. The zero-order chi connectivity index (χ0) is 18.8. The zero-order valence-corrected chi connectivity index (χ0v) is 15.3. The highest BCUT2D eigenvalue weighted by Crippen LogP contribution is 2.19. The molecule has 1 amide bonds. The molecule has 4 aromatic rings. The standard InChI is InChI=1S/C22H20N4O/c1-15-20(16(2)26(25-15)18-9-4-3-5-10-18)14-24-22(27)21-19-11-7-6-8-17(19)12-13-23-21/h3-13H,14H2,1-2H3,(H,24,27). The first kappa shape index (κ1) is 17.0. The van der Waals surface area contributed by atoms with Gasteiger partial charge in [0, 0.05) is 29.4 Å². The molecule has 2 heterocycles. The van der Waals surface area contributed by atoms with Gasteiger partial charge in [0.05, 0.1) is 11.4 Å². The van der Waals surface area contributed by atoms with Crippen LogP contribution in [-0.2, 0) is 6.54 Å². The minimum absolute atomic E-state index is 0.182. The van der Waals surface area contributed by atoms with Crippen molar-refractivity contribution in [2.45, 2.75) is 20.4 Å². The van der Waals surface area contributed by atoms with Crippen molar-refractivity contribution >= 4 is 16.7 Å². The van der Waals surface area contributed by atoms with Gasteiger partial charge in [0.2, 0.25) is 0 Å². The molecule has 0 spiro atoms. The van der Waals surface area contributed by atoms with E-state index >= 15 is 0 Å². The molecule has 0 aliphatic carbocycles. The molecule has 0 fully saturated rings. The van der Waals surface area contributed by atoms with Crippen LogP contribution in [0.15, 0.2) is 66.9 Å². The first-order chi connectivity index (χ1) is 13.1. The van der Waals surface area contributed by atoms with Gasteiger partial charge in [-0.15, -0.1) is 0 Å². The van der Waals surface area contributed by atoms with Crippen LogP contribution in [-0.4, -0.2) is 20.7 Å². The fourth-order valence-electron chi connectivity index (χ4n) is 3.30. The smallest absolute Gasteiger partial charge is 0.270 e. The lowest BCUT2D eigenvalue weighted by atomic mass is 10.1. The number of benzene rings is 2. The summed E-state index contributed by atoms with van der Waals surface area (Å²) in [5.74, 6) is -0.182. The van der Waals surface area contributed by atoms with Crippen LogP contribution in [0.5, 0.6) is 0 Å². The predicted molar refractivity (Wildman–Crippen MR) is 106 cm³/mol. The van der Waals surface area contributed by atoms with Gasteiger partial charge >= 0.3 is 0 Å². The van der Waals surface area contributed by atoms with Gasteiger partial charge in [-0.2, -0.15) is 5.10 Å². The number of aryl methyl sites for hydroxylation is 1. The third-order valence-corrected chi connectivity index (χ3v) is 4.76. The van der Waals surface area contributed by atoms with Crippen molar-refractivity contribution in [1.82, 2.24) is 20.1 Å². The minimum atomic E-state index is -0.182. The Morgan fingerprint density at radius 1 is 1.00 bits per heavy atom. The summed E-state index contributed by atoms with van der Waals surface area (Å²) in [6.07, 6.45) is 1.67. The number of para-hydroxylation sites is 1. The predicted octanol–water partition coefficient (Wildman–Crippen LogP) is 3.97. The van der Waals surface area contributed by atoms with Crippen LogP contribution >= 0.6 is 0 Å². The average Bonchev–Trinajstić information content (AvgIpc) is 3.00. The van der Waals surface area contributed by atoms with Crippen molar-refractivity contribution in [2.75, 3.05) is 0 Å². The number of nitrogens with zero attached hydrogens (tertiary/aromatic N) is 3. The first-order valence-electron chi connectivity index (χ1n) is 8.87. The van der Waals surface area contributed by atoms with Crippen LogP contribution in [0, 0.1) is 13.8 Å². The maximum atomic E-state index is 12.7. The third-order valence-electron chi connectivity index (χ3n) is 4.76. The Balaban J connectivity index is 1.59. The summed E-state index contributed by atoms with van der Waals surface area (Å²) in [5, 5.41) is 9.48. The molecule has 0 atom stereocenters. The highest BCUT2D eigenvalue weighted by atomic mass is 16.1. The summed E-state index contributed by atoms with van der Waals surface area (Å²) in [6, 6.07) is 19.7. The van der Waals surface area contributed by atoms with Crippen LogP contribution in [0.2, 0.25) is 0 Å². The maximum absolute atomic E-state index is 12.7. The van der Waals surface area contributed by atoms with Gasteiger partial charge < -0.3 is 5.32 Å². The van der Waals surface area contributed by atoms with Gasteiger partial charge in [-0.05, 0) is 37.4 Å². The maximum Gasteiger partial charge on any atom is 0.270 e. The number of nitrogens with one attached hydrogen (secondary N) is 1. The lowest BCUT2D eigenvalue weighted by Gasteiger charge is -2.08. The number of hydrogen-bond acceptors (Lipinski definition) is 3. The number of rotatable bonds is 4. The van der Waals surface area contributed by atoms with Gasteiger partial charge in [0.25, 0.3) is 5.91 Å². The molecule has 4 rings (SSSR count). The van der Waals surface area contributed by atoms with Crippen molar-refractivity contribution in [2.24, 2.45) is 0 Å². The van der Waals surface area contributed by atoms with Crippen LogP contribution in [0.25, 0.3) is 16.5 Å². The molecular formula is C22H20N4O. The normalized spacial score (nSPS) is 10.9. The Morgan fingerprint density at radius 2 is 1.74 bits per heavy atom. The molecule has 0 saturated heterocycles. The molecule has 5 heteroatoms. The number of hydrogen-bond donors (Lipinski definition) is 1. The van der Waals surface area contributed by atoms with E-state index in [9.17, 15) is 4.79 Å². The molecule has 134 valence electrons. The van der Waals surface area contributed by atoms with Crippen molar-refractivity contribution in [3.8, 4) is 5.69 Å². The second kappa shape index (κ2) is 7.03. The summed E-state index contributed by atoms with van der Waals surface area (Å²) in [4.78, 5) is 17.0. The molecule has 0 saturated carbocycles. The van der Waals surface area contributed by atoms with Gasteiger partial charge in [-0.25, -0.2) is 4.68 Å². The van der Waals surface area contributed by atoms with Crippen molar-refractivity contribution < 1.29 is 4.79 Å². The quantitative estimate of drug-likeness (QED) is 0.602. The van der Waals surface area contributed by atoms with Gasteiger partial charge in [-0.1, -0.05) is 42.5 Å². The van der Waals surface area contributed by atoms with E-state index in [1.165, 1.54) is 0 Å². The Morgan fingerprint density at radius 3 is 2.56 bits per heavy atom. The van der Waals surface area contributed by atoms with Crippen LogP contribution in [0.3, 0.4) is 0 Å². The molecule has 27 heavy (non-hydrogen) atoms. The second-order valence-corrected chi connectivity index (χ2v) is 6.46. The topological polar surface area (TPSA) is 59.8 Å². The number of fused-ring (bicyclic) bond motifs is 1. The Bertz CT molecular complexity index is 1110. The minimum Gasteiger partial charge on any atom is -0.346 e. The number of carbonyl (C=O) groups excluding carboxylic acids is 1. The van der Waals surface area contributed by atoms with Crippen molar-refractivity contribution in [3.05, 3.63) is 89.5 Å². The van der Waals surface area contributed by atoms with Crippen LogP contribution < -0.4 is 5.32 Å². The Labute approximate surface area is 157 Å². The lowest BCUT2D eigenvalue weighted by Crippen LogP contribution is -2.24. The van der Waals surface area contributed by atoms with E-state index in [1.54, 1.807) is 6.20 Å². The van der Waals surface area contributed by atoms with Gasteiger partial charge in [-0.3, -0.25) is 9.78 Å². The SMILES string of the molecule is Cc1nn(-c2ccccc2)c(C)c1CNC(=O)c1nccc2ccccc12. The molecule has 0 aliphatic heterocycles. The summed E-state index contributed by atoms with van der Waals surface area (Å²) in [5.41, 5.74) is 4.39. The zero-order valence-electron chi connectivity index (χ0n) is 15.3. The molecule has 0 radical (unpaired) electrons. The van der Waals surface area contributed by atoms with E-state index < -0.39 is 0 Å². The summed E-state index contributed by atoms with van der Waals surface area (Å²) >= 11 is 0. The third kappa shape index (κ3) is 3.19. The summed E-state index contributed by atoms with van der Waals surface area (Å²) in [7, 11) is 0. The van der Waals surface area contributed by atoms with Crippen LogP contribution in [0.1, 0.15) is 27.4 Å². The van der Waals surface area contributed by atoms with Gasteiger partial charge in [0.15, 0.2) is 0 Å². The molecule has 2 aromatic heterocycles. The molecule has 0 bridgehead atoms. The van der Waals surface area contributed by atoms with E-state index in [0.717, 1.165) is 33.4 Å². The number of amides is 1. The van der Waals surface area contributed by atoms with E-state index in [4.69, 9.17) is 0 Å². The van der Waals surface area contributed by atoms with E-state index in [-0.39, 0.29) is 5.91 Å². The second-order valence-electron chi connectivity index (χ2n) is 6.46. The monoisotopic (exact) mass is 356 g/mol. The molecule has 2 aromatic carbocycles. The molecular weight excluding hydrogens is 336 g/mol. The fourth-order valence-corrected chi connectivity index (χ4v) is 3.30. The highest BCUT2D eigenvalue weighted by molar-refractivity contribution is 6.05. The number of aromatic nitrogens is 3. The first-order valence-corrected chi connectivity index (χ1v) is 8.87. The van der Waals surface area contributed by atoms with Crippen molar-refractivity contribution in [3.63, 3.8) is 0 Å². The average molecular weight is 356 g/mol. The van der Waals surface area contributed by atoms with Crippen molar-refractivity contribution in [1.29, 1.82) is 0 Å². The summed E-state index contributed by atoms with van der Waals surface area (Å²) in [6.45, 7) is 4.39. The molecule has 1 N–H and O–H groups in total. The molecule has 5 nitrogen and oxygen atoms in total. The van der Waals surface area contributed by atoms with E-state index in [2.05, 4.69) is 15.4 Å². The highest BCUT2D eigenvalue weighted by Gasteiger charge is 2.16.